The molecule has 0 unspecified atom stereocenters. The van der Waals surface area contributed by atoms with Crippen LogP contribution in [-0.2, 0) is 19.1 Å². The second-order valence-corrected chi connectivity index (χ2v) is 2.90. The maximum absolute atomic E-state index is 11.4. The van der Waals surface area contributed by atoms with Gasteiger partial charge in [-0.15, -0.1) is 0 Å². The second kappa shape index (κ2) is 7.04. The third-order valence-electron chi connectivity index (χ3n) is 1.91. The highest BCUT2D eigenvalue weighted by atomic mass is 16.5. The van der Waals surface area contributed by atoms with Crippen molar-refractivity contribution in [3.05, 3.63) is 11.1 Å². The number of hydrogen-bond donors (Lipinski definition) is 0. The Labute approximate surface area is 90.2 Å². The van der Waals surface area contributed by atoms with Gasteiger partial charge in [0.25, 0.3) is 0 Å². The summed E-state index contributed by atoms with van der Waals surface area (Å²) in [5.41, 5.74) is 0.716. The predicted octanol–water partition coefficient (Wildman–Crippen LogP) is 1.84. The average molecular weight is 214 g/mol. The fraction of sp³-hybridized carbons (Fsp3) is 0.636. The number of hydrogen-bond acceptors (Lipinski definition) is 4. The number of ether oxygens (including phenoxy) is 2. The molecular formula is C11H18O4. The zero-order chi connectivity index (χ0) is 11.8. The lowest BCUT2D eigenvalue weighted by molar-refractivity contribution is -0.141. The van der Waals surface area contributed by atoms with Crippen LogP contribution >= 0.6 is 0 Å². The number of rotatable bonds is 5. The predicted molar refractivity (Wildman–Crippen MR) is 56.3 cm³/mol. The van der Waals surface area contributed by atoms with Gasteiger partial charge in [-0.3, -0.25) is 0 Å². The van der Waals surface area contributed by atoms with Gasteiger partial charge in [0.1, 0.15) is 0 Å². The topological polar surface area (TPSA) is 52.6 Å². The van der Waals surface area contributed by atoms with Gasteiger partial charge in [0, 0.05) is 11.1 Å². The van der Waals surface area contributed by atoms with E-state index in [1.807, 2.05) is 0 Å². The van der Waals surface area contributed by atoms with Crippen molar-refractivity contribution in [3.8, 4) is 0 Å². The van der Waals surface area contributed by atoms with Crippen LogP contribution in [0, 0.1) is 0 Å². The number of carbonyl (C=O) groups is 2. The highest BCUT2D eigenvalue weighted by Crippen LogP contribution is 2.12. The number of carbonyl (C=O) groups excluding carboxylic acids is 2. The van der Waals surface area contributed by atoms with Gasteiger partial charge >= 0.3 is 11.9 Å². The third kappa shape index (κ3) is 4.14. The monoisotopic (exact) mass is 214 g/mol. The van der Waals surface area contributed by atoms with Crippen LogP contribution in [0.2, 0.25) is 0 Å². The van der Waals surface area contributed by atoms with E-state index in [0.717, 1.165) is 0 Å². The minimum Gasteiger partial charge on any atom is -0.463 e. The van der Waals surface area contributed by atoms with E-state index in [-0.39, 0.29) is 0 Å². The highest BCUT2D eigenvalue weighted by Gasteiger charge is 2.17. The number of esters is 2. The lowest BCUT2D eigenvalue weighted by Gasteiger charge is -2.08. The first kappa shape index (κ1) is 13.7. The Balaban J connectivity index is 4.80. The normalized spacial score (nSPS) is 11.7. The summed E-state index contributed by atoms with van der Waals surface area (Å²) < 4.78 is 9.65. The van der Waals surface area contributed by atoms with E-state index in [4.69, 9.17) is 9.47 Å². The minimum atomic E-state index is -0.456. The quantitative estimate of drug-likeness (QED) is 0.517. The lowest BCUT2D eigenvalue weighted by atomic mass is 10.1. The lowest BCUT2D eigenvalue weighted by Crippen LogP contribution is -2.14. The molecule has 15 heavy (non-hydrogen) atoms. The molecular weight excluding hydrogens is 196 g/mol. The summed E-state index contributed by atoms with van der Waals surface area (Å²) in [6, 6.07) is 0. The zero-order valence-electron chi connectivity index (χ0n) is 9.75. The van der Waals surface area contributed by atoms with Crippen LogP contribution in [0.1, 0.15) is 34.1 Å². The Hall–Kier alpha value is -1.32. The maximum Gasteiger partial charge on any atom is 0.334 e. The molecule has 0 spiro atoms. The molecule has 0 N–H and O–H groups in total. The Kier molecular flexibility index (Phi) is 6.42. The Morgan fingerprint density at radius 3 is 1.80 bits per heavy atom. The van der Waals surface area contributed by atoms with Crippen molar-refractivity contribution in [1.82, 2.24) is 0 Å². The Morgan fingerprint density at radius 2 is 1.40 bits per heavy atom. The standard InChI is InChI=1S/C11H18O4/c1-5-9(11(13)15-7-3)8(4)10(12)14-6-2/h5-7H2,1-4H3/b9-8-. The minimum absolute atomic E-state index is 0.302. The molecule has 4 nitrogen and oxygen atoms in total. The van der Waals surface area contributed by atoms with Crippen molar-refractivity contribution in [2.45, 2.75) is 34.1 Å². The van der Waals surface area contributed by atoms with Gasteiger partial charge in [-0.2, -0.15) is 0 Å². The van der Waals surface area contributed by atoms with Gasteiger partial charge in [-0.25, -0.2) is 9.59 Å². The van der Waals surface area contributed by atoms with Crippen LogP contribution < -0.4 is 0 Å². The van der Waals surface area contributed by atoms with Crippen LogP contribution in [0.25, 0.3) is 0 Å². The molecule has 0 heterocycles. The molecule has 0 saturated carbocycles. The third-order valence-corrected chi connectivity index (χ3v) is 1.91. The van der Waals surface area contributed by atoms with Crippen molar-refractivity contribution in [1.29, 1.82) is 0 Å². The summed E-state index contributed by atoms with van der Waals surface area (Å²) in [6.45, 7) is 7.43. The van der Waals surface area contributed by atoms with Gasteiger partial charge in [0.05, 0.1) is 13.2 Å². The van der Waals surface area contributed by atoms with Gasteiger partial charge in [0.15, 0.2) is 0 Å². The van der Waals surface area contributed by atoms with Crippen molar-refractivity contribution >= 4 is 11.9 Å². The summed E-state index contributed by atoms with van der Waals surface area (Å²) in [4.78, 5) is 22.8. The van der Waals surface area contributed by atoms with E-state index in [1.165, 1.54) is 0 Å². The second-order valence-electron chi connectivity index (χ2n) is 2.90. The summed E-state index contributed by atoms with van der Waals surface area (Å²) in [6.07, 6.45) is 0.462. The SMILES string of the molecule is CCOC(=O)/C(C)=C(/CC)C(=O)OCC. The molecule has 0 fully saturated rings. The Morgan fingerprint density at radius 1 is 0.933 bits per heavy atom. The molecule has 0 radical (unpaired) electrons. The molecule has 86 valence electrons. The van der Waals surface area contributed by atoms with Crippen molar-refractivity contribution in [3.63, 3.8) is 0 Å². The molecule has 0 aliphatic heterocycles. The zero-order valence-corrected chi connectivity index (χ0v) is 9.75. The van der Waals surface area contributed by atoms with Crippen LogP contribution in [0.15, 0.2) is 11.1 Å². The molecule has 0 atom stereocenters. The van der Waals surface area contributed by atoms with Crippen LogP contribution in [0.3, 0.4) is 0 Å². The molecule has 0 aromatic heterocycles. The molecule has 0 amide bonds. The molecule has 0 aliphatic rings. The fourth-order valence-electron chi connectivity index (χ4n) is 1.14. The molecule has 0 aliphatic carbocycles. The van der Waals surface area contributed by atoms with E-state index < -0.39 is 11.9 Å². The van der Waals surface area contributed by atoms with Crippen molar-refractivity contribution < 1.29 is 19.1 Å². The fourth-order valence-corrected chi connectivity index (χ4v) is 1.14. The smallest absolute Gasteiger partial charge is 0.334 e. The van der Waals surface area contributed by atoms with E-state index in [2.05, 4.69) is 0 Å². The van der Waals surface area contributed by atoms with Crippen molar-refractivity contribution in [2.24, 2.45) is 0 Å². The van der Waals surface area contributed by atoms with Crippen LogP contribution in [0.4, 0.5) is 0 Å². The largest absolute Gasteiger partial charge is 0.463 e. The van der Waals surface area contributed by atoms with Gasteiger partial charge < -0.3 is 9.47 Å². The highest BCUT2D eigenvalue weighted by molar-refractivity contribution is 5.99. The van der Waals surface area contributed by atoms with Gasteiger partial charge in [-0.05, 0) is 27.2 Å². The van der Waals surface area contributed by atoms with Crippen LogP contribution in [-0.4, -0.2) is 25.2 Å². The summed E-state index contributed by atoms with van der Waals surface area (Å²) >= 11 is 0. The van der Waals surface area contributed by atoms with E-state index in [1.54, 1.807) is 27.7 Å². The van der Waals surface area contributed by atoms with Crippen molar-refractivity contribution in [2.75, 3.05) is 13.2 Å². The first-order chi connectivity index (χ1) is 7.08. The van der Waals surface area contributed by atoms with E-state index >= 15 is 0 Å². The summed E-state index contributed by atoms with van der Waals surface area (Å²) in [5.74, 6) is -0.895. The molecule has 4 heteroatoms. The molecule has 0 aromatic carbocycles. The van der Waals surface area contributed by atoms with Gasteiger partial charge in [-0.1, -0.05) is 6.92 Å². The molecule has 0 rings (SSSR count). The Bertz CT molecular complexity index is 266. The molecule has 0 aromatic rings. The summed E-state index contributed by atoms with van der Waals surface area (Å²) in [5, 5.41) is 0. The summed E-state index contributed by atoms with van der Waals surface area (Å²) in [7, 11) is 0. The van der Waals surface area contributed by atoms with Gasteiger partial charge in [0.2, 0.25) is 0 Å². The average Bonchev–Trinajstić information content (AvgIpc) is 2.19. The van der Waals surface area contributed by atoms with E-state index in [9.17, 15) is 9.59 Å². The maximum atomic E-state index is 11.4. The molecule has 0 bridgehead atoms. The van der Waals surface area contributed by atoms with Crippen LogP contribution in [0.5, 0.6) is 0 Å². The molecule has 0 saturated heterocycles. The van der Waals surface area contributed by atoms with E-state index in [0.29, 0.717) is 30.8 Å². The first-order valence-corrected chi connectivity index (χ1v) is 5.12. The first-order valence-electron chi connectivity index (χ1n) is 5.12.